The molecule has 0 unspecified atom stereocenters. The molecule has 1 saturated heterocycles. The van der Waals surface area contributed by atoms with Gasteiger partial charge in [0.2, 0.25) is 0 Å². The minimum absolute atomic E-state index is 0.0771. The third-order valence-corrected chi connectivity index (χ3v) is 3.90. The molecular formula is C13H17N3O. The van der Waals surface area contributed by atoms with E-state index >= 15 is 0 Å². The SMILES string of the molecule is CC(C)(N)C1(c2ccc3nc[nH]c3c2)COC1. The Balaban J connectivity index is 2.13. The largest absolute Gasteiger partial charge is 0.379 e. The molecule has 0 atom stereocenters. The first kappa shape index (κ1) is 10.7. The molecule has 1 fully saturated rings. The number of rotatable bonds is 2. The van der Waals surface area contributed by atoms with Crippen LogP contribution in [0.4, 0.5) is 0 Å². The molecule has 17 heavy (non-hydrogen) atoms. The lowest BCUT2D eigenvalue weighted by Gasteiger charge is -2.51. The first-order valence-electron chi connectivity index (χ1n) is 5.83. The van der Waals surface area contributed by atoms with Gasteiger partial charge >= 0.3 is 0 Å². The Hall–Kier alpha value is -1.39. The van der Waals surface area contributed by atoms with E-state index < -0.39 is 0 Å². The van der Waals surface area contributed by atoms with Gasteiger partial charge in [-0.15, -0.1) is 0 Å². The molecule has 0 saturated carbocycles. The maximum Gasteiger partial charge on any atom is 0.0931 e. The highest BCUT2D eigenvalue weighted by Gasteiger charge is 2.50. The smallest absolute Gasteiger partial charge is 0.0931 e. The van der Waals surface area contributed by atoms with Crippen molar-refractivity contribution in [1.82, 2.24) is 9.97 Å². The van der Waals surface area contributed by atoms with E-state index in [9.17, 15) is 0 Å². The minimum atomic E-state index is -0.293. The van der Waals surface area contributed by atoms with E-state index in [1.807, 2.05) is 6.07 Å². The first-order chi connectivity index (χ1) is 8.03. The van der Waals surface area contributed by atoms with Crippen molar-refractivity contribution in [2.24, 2.45) is 5.73 Å². The molecule has 0 amide bonds. The normalized spacial score (nSPS) is 19.2. The van der Waals surface area contributed by atoms with Gasteiger partial charge in [-0.3, -0.25) is 0 Å². The number of nitrogens with one attached hydrogen (secondary N) is 1. The van der Waals surface area contributed by atoms with E-state index in [0.29, 0.717) is 13.2 Å². The predicted molar refractivity (Wildman–Crippen MR) is 66.9 cm³/mol. The summed E-state index contributed by atoms with van der Waals surface area (Å²) in [5.74, 6) is 0. The van der Waals surface area contributed by atoms with Crippen molar-refractivity contribution in [3.05, 3.63) is 30.1 Å². The number of nitrogens with zero attached hydrogens (tertiary/aromatic N) is 1. The number of aromatic nitrogens is 2. The van der Waals surface area contributed by atoms with Crippen LogP contribution in [0, 0.1) is 0 Å². The van der Waals surface area contributed by atoms with Gasteiger partial charge in [0.05, 0.1) is 36.0 Å². The third kappa shape index (κ3) is 1.41. The van der Waals surface area contributed by atoms with Crippen molar-refractivity contribution < 1.29 is 4.74 Å². The highest BCUT2D eigenvalue weighted by atomic mass is 16.5. The Morgan fingerprint density at radius 2 is 2.18 bits per heavy atom. The van der Waals surface area contributed by atoms with Gasteiger partial charge in [0.15, 0.2) is 0 Å². The summed E-state index contributed by atoms with van der Waals surface area (Å²) in [6, 6.07) is 6.28. The summed E-state index contributed by atoms with van der Waals surface area (Å²) in [4.78, 5) is 7.37. The van der Waals surface area contributed by atoms with Gasteiger partial charge in [-0.25, -0.2) is 4.98 Å². The van der Waals surface area contributed by atoms with Crippen molar-refractivity contribution in [2.75, 3.05) is 13.2 Å². The molecule has 1 aromatic heterocycles. The number of H-pyrrole nitrogens is 1. The van der Waals surface area contributed by atoms with Crippen LogP contribution in [0.3, 0.4) is 0 Å². The Bertz CT molecular complexity index is 549. The van der Waals surface area contributed by atoms with Gasteiger partial charge in [-0.05, 0) is 31.5 Å². The topological polar surface area (TPSA) is 63.9 Å². The van der Waals surface area contributed by atoms with E-state index in [1.165, 1.54) is 5.56 Å². The summed E-state index contributed by atoms with van der Waals surface area (Å²) in [6.45, 7) is 5.51. The Labute approximate surface area is 100 Å². The summed E-state index contributed by atoms with van der Waals surface area (Å²) in [5, 5.41) is 0. The Kier molecular flexibility index (Phi) is 2.09. The standard InChI is InChI=1S/C13H17N3O/c1-12(2,14)13(6-17-7-13)9-3-4-10-11(5-9)16-8-15-10/h3-5,8H,6-7,14H2,1-2H3,(H,15,16). The summed E-state index contributed by atoms with van der Waals surface area (Å²) in [6.07, 6.45) is 1.71. The zero-order valence-corrected chi connectivity index (χ0v) is 10.2. The van der Waals surface area contributed by atoms with E-state index in [1.54, 1.807) is 6.33 Å². The Morgan fingerprint density at radius 1 is 1.41 bits per heavy atom. The maximum atomic E-state index is 6.32. The van der Waals surface area contributed by atoms with Gasteiger partial charge in [0.1, 0.15) is 0 Å². The average molecular weight is 231 g/mol. The van der Waals surface area contributed by atoms with E-state index in [4.69, 9.17) is 10.5 Å². The highest BCUT2D eigenvalue weighted by Crippen LogP contribution is 2.41. The van der Waals surface area contributed by atoms with E-state index in [-0.39, 0.29) is 11.0 Å². The minimum Gasteiger partial charge on any atom is -0.379 e. The molecule has 90 valence electrons. The summed E-state index contributed by atoms with van der Waals surface area (Å²) >= 11 is 0. The molecule has 2 heterocycles. The lowest BCUT2D eigenvalue weighted by Crippen LogP contribution is -2.64. The lowest BCUT2D eigenvalue weighted by atomic mass is 9.66. The molecule has 0 spiro atoms. The maximum absolute atomic E-state index is 6.32. The fourth-order valence-corrected chi connectivity index (χ4v) is 2.45. The van der Waals surface area contributed by atoms with Crippen LogP contribution in [-0.2, 0) is 10.2 Å². The molecule has 0 aliphatic carbocycles. The predicted octanol–water partition coefficient (Wildman–Crippen LogP) is 1.57. The molecule has 3 N–H and O–H groups in total. The number of imidazole rings is 1. The molecule has 0 radical (unpaired) electrons. The Morgan fingerprint density at radius 3 is 2.76 bits per heavy atom. The van der Waals surface area contributed by atoms with Gasteiger partial charge in [-0.2, -0.15) is 0 Å². The second-order valence-electron chi connectivity index (χ2n) is 5.43. The van der Waals surface area contributed by atoms with Crippen molar-refractivity contribution >= 4 is 11.0 Å². The summed E-state index contributed by atoms with van der Waals surface area (Å²) in [5.41, 5.74) is 9.22. The van der Waals surface area contributed by atoms with Crippen LogP contribution in [0.1, 0.15) is 19.4 Å². The highest BCUT2D eigenvalue weighted by molar-refractivity contribution is 5.75. The molecule has 4 heteroatoms. The van der Waals surface area contributed by atoms with Crippen molar-refractivity contribution in [2.45, 2.75) is 24.8 Å². The van der Waals surface area contributed by atoms with Gasteiger partial charge in [0, 0.05) is 5.54 Å². The number of aromatic amines is 1. The van der Waals surface area contributed by atoms with Crippen molar-refractivity contribution in [3.63, 3.8) is 0 Å². The molecule has 0 bridgehead atoms. The number of ether oxygens (including phenoxy) is 1. The number of nitrogens with two attached hydrogens (primary N) is 1. The fraction of sp³-hybridized carbons (Fsp3) is 0.462. The molecule has 1 aromatic carbocycles. The third-order valence-electron chi connectivity index (χ3n) is 3.90. The average Bonchev–Trinajstić information content (AvgIpc) is 2.60. The first-order valence-corrected chi connectivity index (χ1v) is 5.83. The number of hydrogen-bond acceptors (Lipinski definition) is 3. The second kappa shape index (κ2) is 3.31. The zero-order chi connectivity index (χ0) is 12.1. The molecule has 4 nitrogen and oxygen atoms in total. The fourth-order valence-electron chi connectivity index (χ4n) is 2.45. The van der Waals surface area contributed by atoms with Crippen LogP contribution >= 0.6 is 0 Å². The van der Waals surface area contributed by atoms with Crippen molar-refractivity contribution in [1.29, 1.82) is 0 Å². The summed E-state index contributed by atoms with van der Waals surface area (Å²) < 4.78 is 5.41. The molecule has 2 aromatic rings. The van der Waals surface area contributed by atoms with Crippen LogP contribution in [0.2, 0.25) is 0 Å². The second-order valence-corrected chi connectivity index (χ2v) is 5.43. The van der Waals surface area contributed by atoms with Crippen LogP contribution in [0.25, 0.3) is 11.0 Å². The monoisotopic (exact) mass is 231 g/mol. The number of benzene rings is 1. The van der Waals surface area contributed by atoms with Gasteiger partial charge in [-0.1, -0.05) is 6.07 Å². The van der Waals surface area contributed by atoms with E-state index in [2.05, 4.69) is 35.9 Å². The molecule has 1 aliphatic heterocycles. The van der Waals surface area contributed by atoms with Crippen LogP contribution in [0.15, 0.2) is 24.5 Å². The van der Waals surface area contributed by atoms with Crippen molar-refractivity contribution in [3.8, 4) is 0 Å². The zero-order valence-electron chi connectivity index (χ0n) is 10.2. The van der Waals surface area contributed by atoms with Crippen LogP contribution < -0.4 is 5.73 Å². The number of hydrogen-bond donors (Lipinski definition) is 2. The van der Waals surface area contributed by atoms with Gasteiger partial charge in [0.25, 0.3) is 0 Å². The summed E-state index contributed by atoms with van der Waals surface area (Å²) in [7, 11) is 0. The number of fused-ring (bicyclic) bond motifs is 1. The van der Waals surface area contributed by atoms with Gasteiger partial charge < -0.3 is 15.5 Å². The molecular weight excluding hydrogens is 214 g/mol. The lowest BCUT2D eigenvalue weighted by molar-refractivity contribution is -0.0918. The molecule has 3 rings (SSSR count). The van der Waals surface area contributed by atoms with E-state index in [0.717, 1.165) is 11.0 Å². The quantitative estimate of drug-likeness (QED) is 0.824. The van der Waals surface area contributed by atoms with Crippen LogP contribution in [0.5, 0.6) is 0 Å². The van der Waals surface area contributed by atoms with Crippen LogP contribution in [-0.4, -0.2) is 28.7 Å². The molecule has 1 aliphatic rings.